The van der Waals surface area contributed by atoms with Crippen molar-refractivity contribution in [1.82, 2.24) is 0 Å². The van der Waals surface area contributed by atoms with Crippen molar-refractivity contribution >= 4 is 17.3 Å². The molecule has 5 heteroatoms. The van der Waals surface area contributed by atoms with E-state index in [0.29, 0.717) is 34.5 Å². The van der Waals surface area contributed by atoms with Crippen LogP contribution in [0.3, 0.4) is 0 Å². The minimum absolute atomic E-state index is 0.0816. The van der Waals surface area contributed by atoms with Gasteiger partial charge in [0.2, 0.25) is 6.29 Å². The highest BCUT2D eigenvalue weighted by molar-refractivity contribution is 6.30. The Morgan fingerprint density at radius 1 is 0.806 bits per heavy atom. The third-order valence-electron chi connectivity index (χ3n) is 6.50. The van der Waals surface area contributed by atoms with Crippen LogP contribution in [0.15, 0.2) is 66.7 Å². The highest BCUT2D eigenvalue weighted by atomic mass is 16.7. The molecule has 3 aromatic rings. The number of fused-ring (bicyclic) bond motifs is 4. The van der Waals surface area contributed by atoms with Crippen molar-refractivity contribution < 1.29 is 19.1 Å². The Bertz CT molecular complexity index is 1220. The molecule has 1 N–H and O–H groups in total. The summed E-state index contributed by atoms with van der Waals surface area (Å²) >= 11 is 0. The van der Waals surface area contributed by atoms with Crippen molar-refractivity contribution in [2.45, 2.75) is 25.2 Å². The third kappa shape index (κ3) is 2.81. The molecule has 0 bridgehead atoms. The molecule has 5 nitrogen and oxygen atoms in total. The number of carbonyl (C=O) groups excluding carboxylic acids is 2. The Labute approximate surface area is 180 Å². The van der Waals surface area contributed by atoms with Gasteiger partial charge in [-0.15, -0.1) is 0 Å². The number of carbonyl (C=O) groups is 2. The molecule has 6 rings (SSSR count). The first-order chi connectivity index (χ1) is 15.2. The van der Waals surface area contributed by atoms with E-state index in [4.69, 9.17) is 9.47 Å². The van der Waals surface area contributed by atoms with Gasteiger partial charge in [0.05, 0.1) is 18.2 Å². The number of nitrogens with one attached hydrogen (secondary N) is 1. The highest BCUT2D eigenvalue weighted by Gasteiger charge is 2.41. The fraction of sp³-hybridized carbons (Fsp3) is 0.231. The molecule has 0 unspecified atom stereocenters. The zero-order valence-electron chi connectivity index (χ0n) is 16.8. The van der Waals surface area contributed by atoms with Crippen LogP contribution in [-0.2, 0) is 4.74 Å². The van der Waals surface area contributed by atoms with Crippen LogP contribution in [0.25, 0.3) is 0 Å². The lowest BCUT2D eigenvalue weighted by molar-refractivity contribution is -0.154. The zero-order chi connectivity index (χ0) is 20.9. The van der Waals surface area contributed by atoms with Crippen molar-refractivity contribution in [1.29, 1.82) is 0 Å². The van der Waals surface area contributed by atoms with E-state index < -0.39 is 0 Å². The van der Waals surface area contributed by atoms with E-state index in [1.54, 1.807) is 30.3 Å². The third-order valence-corrected chi connectivity index (χ3v) is 6.50. The maximum absolute atomic E-state index is 13.4. The molecule has 3 aromatic carbocycles. The minimum Gasteiger partial charge on any atom is -0.464 e. The van der Waals surface area contributed by atoms with Crippen LogP contribution in [0.2, 0.25) is 0 Å². The largest absolute Gasteiger partial charge is 0.464 e. The van der Waals surface area contributed by atoms with Crippen molar-refractivity contribution in [2.24, 2.45) is 5.92 Å². The fourth-order valence-electron chi connectivity index (χ4n) is 5.04. The van der Waals surface area contributed by atoms with Gasteiger partial charge >= 0.3 is 0 Å². The lowest BCUT2D eigenvalue weighted by atomic mass is 9.81. The number of ether oxygens (including phenoxy) is 2. The highest BCUT2D eigenvalue weighted by Crippen LogP contribution is 2.45. The van der Waals surface area contributed by atoms with E-state index in [1.807, 2.05) is 30.3 Å². The molecule has 3 atom stereocenters. The Morgan fingerprint density at radius 2 is 1.55 bits per heavy atom. The van der Waals surface area contributed by atoms with Crippen LogP contribution >= 0.6 is 0 Å². The van der Waals surface area contributed by atoms with Gasteiger partial charge in [-0.3, -0.25) is 9.59 Å². The molecule has 1 aliphatic carbocycles. The van der Waals surface area contributed by atoms with Crippen LogP contribution in [0.1, 0.15) is 56.3 Å². The van der Waals surface area contributed by atoms with Crippen LogP contribution < -0.4 is 10.1 Å². The average Bonchev–Trinajstić information content (AvgIpc) is 2.82. The van der Waals surface area contributed by atoms with Gasteiger partial charge in [0.25, 0.3) is 0 Å². The van der Waals surface area contributed by atoms with E-state index in [1.165, 1.54) is 0 Å². The molecule has 2 heterocycles. The molecule has 1 saturated heterocycles. The van der Waals surface area contributed by atoms with Gasteiger partial charge in [0, 0.05) is 33.9 Å². The summed E-state index contributed by atoms with van der Waals surface area (Å²) in [7, 11) is 0. The summed E-state index contributed by atoms with van der Waals surface area (Å²) in [6.07, 6.45) is 1.60. The smallest absolute Gasteiger partial charge is 0.204 e. The number of ketones is 2. The summed E-state index contributed by atoms with van der Waals surface area (Å²) < 4.78 is 12.0. The number of benzene rings is 3. The van der Waals surface area contributed by atoms with E-state index in [9.17, 15) is 9.59 Å². The molecular formula is C26H21NO4. The second kappa shape index (κ2) is 7.06. The molecule has 0 radical (unpaired) electrons. The quantitative estimate of drug-likeness (QED) is 0.515. The molecule has 31 heavy (non-hydrogen) atoms. The second-order valence-electron chi connectivity index (χ2n) is 8.25. The predicted molar refractivity (Wildman–Crippen MR) is 116 cm³/mol. The maximum atomic E-state index is 13.4. The van der Waals surface area contributed by atoms with Crippen molar-refractivity contribution in [2.75, 3.05) is 11.9 Å². The summed E-state index contributed by atoms with van der Waals surface area (Å²) in [6, 6.07) is 20.3. The first-order valence-corrected chi connectivity index (χ1v) is 10.7. The van der Waals surface area contributed by atoms with Gasteiger partial charge in [-0.1, -0.05) is 54.6 Å². The van der Waals surface area contributed by atoms with Crippen LogP contribution in [0, 0.1) is 5.92 Å². The lowest BCUT2D eigenvalue weighted by Gasteiger charge is -2.42. The van der Waals surface area contributed by atoms with Gasteiger partial charge in [0.1, 0.15) is 5.75 Å². The van der Waals surface area contributed by atoms with Gasteiger partial charge in [-0.2, -0.15) is 0 Å². The van der Waals surface area contributed by atoms with Gasteiger partial charge < -0.3 is 14.8 Å². The van der Waals surface area contributed by atoms with E-state index in [2.05, 4.69) is 11.4 Å². The zero-order valence-corrected chi connectivity index (χ0v) is 16.8. The predicted octanol–water partition coefficient (Wildman–Crippen LogP) is 4.76. The standard InChI is InChI=1S/C26H21NO4/c28-24-15-7-1-2-8-16(15)25(29)22-18(24)10-5-12-20(22)27-23-17-9-3-4-13-21(17)31-26-19(23)11-6-14-30-26/h1-5,7-10,12-13,19,23,26-27H,6,11,14H2/t19-,23-,26+/m1/s1. The topological polar surface area (TPSA) is 64.6 Å². The Kier molecular flexibility index (Phi) is 4.18. The lowest BCUT2D eigenvalue weighted by Crippen LogP contribution is -2.43. The summed E-state index contributed by atoms with van der Waals surface area (Å²) in [5.74, 6) is 0.673. The van der Waals surface area contributed by atoms with Gasteiger partial charge in [0.15, 0.2) is 11.6 Å². The van der Waals surface area contributed by atoms with Crippen molar-refractivity contribution in [3.63, 3.8) is 0 Å². The van der Waals surface area contributed by atoms with Crippen molar-refractivity contribution in [3.8, 4) is 5.75 Å². The van der Waals surface area contributed by atoms with Gasteiger partial charge in [-0.25, -0.2) is 0 Å². The minimum atomic E-state index is -0.321. The number of rotatable bonds is 2. The molecule has 2 aliphatic heterocycles. The normalized spacial score (nSPS) is 23.7. The van der Waals surface area contributed by atoms with E-state index >= 15 is 0 Å². The van der Waals surface area contributed by atoms with Crippen LogP contribution in [-0.4, -0.2) is 24.5 Å². The monoisotopic (exact) mass is 411 g/mol. The molecule has 1 fully saturated rings. The number of para-hydroxylation sites is 1. The van der Waals surface area contributed by atoms with E-state index in [-0.39, 0.29) is 29.8 Å². The SMILES string of the molecule is O=C1c2ccccc2C(=O)c2c(N[C@@H]3c4ccccc4O[C@@H]4OCCC[C@@H]43)cccc21. The second-order valence-corrected chi connectivity index (χ2v) is 8.25. The molecule has 0 saturated carbocycles. The van der Waals surface area contributed by atoms with E-state index in [0.717, 1.165) is 24.2 Å². The number of hydrogen-bond acceptors (Lipinski definition) is 5. The molecule has 0 amide bonds. The number of anilines is 1. The first kappa shape index (κ1) is 18.3. The van der Waals surface area contributed by atoms with Gasteiger partial charge in [-0.05, 0) is 25.0 Å². The summed E-state index contributed by atoms with van der Waals surface area (Å²) in [5.41, 5.74) is 3.54. The summed E-state index contributed by atoms with van der Waals surface area (Å²) in [6.45, 7) is 0.681. The summed E-state index contributed by atoms with van der Waals surface area (Å²) in [5, 5.41) is 3.61. The van der Waals surface area contributed by atoms with Crippen molar-refractivity contribution in [3.05, 3.63) is 94.5 Å². The summed E-state index contributed by atoms with van der Waals surface area (Å²) in [4.78, 5) is 26.5. The number of hydrogen-bond donors (Lipinski definition) is 1. The molecule has 0 aromatic heterocycles. The first-order valence-electron chi connectivity index (χ1n) is 10.7. The van der Waals surface area contributed by atoms with Crippen LogP contribution in [0.4, 0.5) is 5.69 Å². The molecular weight excluding hydrogens is 390 g/mol. The molecule has 154 valence electrons. The molecule has 0 spiro atoms. The Hall–Kier alpha value is -3.44. The average molecular weight is 411 g/mol. The Balaban J connectivity index is 1.45. The van der Waals surface area contributed by atoms with Crippen LogP contribution in [0.5, 0.6) is 5.75 Å². The maximum Gasteiger partial charge on any atom is 0.204 e. The fourth-order valence-corrected chi connectivity index (χ4v) is 5.04. The Morgan fingerprint density at radius 3 is 2.42 bits per heavy atom. The molecule has 3 aliphatic rings.